The molecule has 0 saturated heterocycles. The Kier molecular flexibility index (Phi) is 4.17. The Balaban J connectivity index is 2.15. The van der Waals surface area contributed by atoms with Gasteiger partial charge >= 0.3 is 0 Å². The first-order chi connectivity index (χ1) is 9.60. The van der Waals surface area contributed by atoms with Crippen molar-refractivity contribution >= 4 is 19.2 Å². The Labute approximate surface area is 127 Å². The lowest BCUT2D eigenvalue weighted by molar-refractivity contribution is 0.176. The van der Waals surface area contributed by atoms with Crippen LogP contribution in [0.4, 0.5) is 0 Å². The van der Waals surface area contributed by atoms with E-state index in [1.165, 1.54) is 0 Å². The first-order valence-corrected chi connectivity index (χ1v) is 10.3. The zero-order valence-electron chi connectivity index (χ0n) is 13.8. The predicted molar refractivity (Wildman–Crippen MR) is 89.1 cm³/mol. The molecular weight excluding hydrogens is 280 g/mol. The molecule has 0 spiro atoms. The number of fused-ring (bicyclic) bond motifs is 1. The lowest BCUT2D eigenvalue weighted by Crippen LogP contribution is -2.44. The molecule has 1 unspecified atom stereocenters. The Bertz CT molecular complexity index is 629. The molecule has 2 aromatic rings. The van der Waals surface area contributed by atoms with Gasteiger partial charge in [-0.1, -0.05) is 20.8 Å². The average molecular weight is 306 g/mol. The highest BCUT2D eigenvalue weighted by Crippen LogP contribution is 2.37. The molecule has 2 rings (SSSR count). The van der Waals surface area contributed by atoms with E-state index < -0.39 is 8.32 Å². The van der Waals surface area contributed by atoms with Crippen molar-refractivity contribution < 1.29 is 9.53 Å². The Morgan fingerprint density at radius 1 is 1.33 bits per heavy atom. The summed E-state index contributed by atoms with van der Waals surface area (Å²) in [5, 5.41) is 15.3. The molecule has 1 atom stereocenters. The number of hydrogen-bond acceptors (Lipinski definition) is 3. The maximum atomic E-state index is 9.63. The molecule has 0 radical (unpaired) electrons. The van der Waals surface area contributed by atoms with Gasteiger partial charge in [0.1, 0.15) is 5.75 Å². The summed E-state index contributed by atoms with van der Waals surface area (Å²) in [4.78, 5) is 0. The van der Waals surface area contributed by atoms with Crippen LogP contribution in [0.1, 0.15) is 27.7 Å². The predicted octanol–water partition coefficient (Wildman–Crippen LogP) is 4.15. The largest absolute Gasteiger partial charge is 0.508 e. The molecule has 0 bridgehead atoms. The van der Waals surface area contributed by atoms with Crippen LogP contribution in [0.25, 0.3) is 10.9 Å². The van der Waals surface area contributed by atoms with Gasteiger partial charge in [0, 0.05) is 11.5 Å². The summed E-state index contributed by atoms with van der Waals surface area (Å²) in [6.07, 6.45) is 1.92. The van der Waals surface area contributed by atoms with Gasteiger partial charge in [-0.15, -0.1) is 0 Å². The summed E-state index contributed by atoms with van der Waals surface area (Å²) in [7, 11) is -1.77. The van der Waals surface area contributed by atoms with Gasteiger partial charge in [0.2, 0.25) is 0 Å². The summed E-state index contributed by atoms with van der Waals surface area (Å²) in [6.45, 7) is 14.0. The highest BCUT2D eigenvalue weighted by Gasteiger charge is 2.38. The van der Waals surface area contributed by atoms with Crippen LogP contribution >= 0.6 is 0 Å². The monoisotopic (exact) mass is 306 g/mol. The lowest BCUT2D eigenvalue weighted by Gasteiger charge is -2.38. The second-order valence-electron chi connectivity index (χ2n) is 7.26. The van der Waals surface area contributed by atoms with E-state index in [0.717, 1.165) is 10.9 Å². The number of aromatic hydroxyl groups is 1. The SMILES string of the molecule is CC(Cn1ncc2ccc(O)cc21)O[Si](C)(C)C(C)(C)C. The van der Waals surface area contributed by atoms with Crippen LogP contribution in [0.5, 0.6) is 5.75 Å². The van der Waals surface area contributed by atoms with Gasteiger partial charge in [0.15, 0.2) is 8.32 Å². The lowest BCUT2D eigenvalue weighted by atomic mass is 10.2. The van der Waals surface area contributed by atoms with Gasteiger partial charge in [-0.3, -0.25) is 4.68 Å². The van der Waals surface area contributed by atoms with Crippen LogP contribution in [0.2, 0.25) is 18.1 Å². The van der Waals surface area contributed by atoms with E-state index in [4.69, 9.17) is 4.43 Å². The minimum atomic E-state index is -1.77. The van der Waals surface area contributed by atoms with Crippen LogP contribution in [0.3, 0.4) is 0 Å². The summed E-state index contributed by atoms with van der Waals surface area (Å²) < 4.78 is 8.28. The Morgan fingerprint density at radius 2 is 2.00 bits per heavy atom. The van der Waals surface area contributed by atoms with Crippen LogP contribution in [0, 0.1) is 0 Å². The van der Waals surface area contributed by atoms with Crippen molar-refractivity contribution in [2.75, 3.05) is 0 Å². The standard InChI is InChI=1S/C16H26N2O2Si/c1-12(20-21(5,6)16(2,3)4)11-18-15-9-14(19)8-7-13(15)10-17-18/h7-10,12,19H,11H2,1-6H3. The third-order valence-electron chi connectivity index (χ3n) is 4.36. The number of phenolic OH excluding ortho intramolecular Hbond substituents is 1. The molecular formula is C16H26N2O2Si. The van der Waals surface area contributed by atoms with Crippen molar-refractivity contribution in [3.8, 4) is 5.75 Å². The van der Waals surface area contributed by atoms with Crippen LogP contribution in [0.15, 0.2) is 24.4 Å². The van der Waals surface area contributed by atoms with Gasteiger partial charge < -0.3 is 9.53 Å². The number of nitrogens with zero attached hydrogens (tertiary/aromatic N) is 2. The van der Waals surface area contributed by atoms with Gasteiger partial charge in [-0.2, -0.15) is 5.10 Å². The Hall–Kier alpha value is -1.33. The molecule has 1 aromatic carbocycles. The quantitative estimate of drug-likeness (QED) is 0.863. The molecule has 0 aliphatic rings. The van der Waals surface area contributed by atoms with Gasteiger partial charge in [-0.25, -0.2) is 0 Å². The summed E-state index contributed by atoms with van der Waals surface area (Å²) in [5.41, 5.74) is 0.945. The van der Waals surface area contributed by atoms with Crippen molar-refractivity contribution in [1.82, 2.24) is 9.78 Å². The zero-order valence-corrected chi connectivity index (χ0v) is 14.8. The number of aromatic nitrogens is 2. The molecule has 0 aliphatic carbocycles. The van der Waals surface area contributed by atoms with Crippen molar-refractivity contribution in [2.45, 2.75) is 58.5 Å². The molecule has 0 aliphatic heterocycles. The average Bonchev–Trinajstić information content (AvgIpc) is 2.69. The van der Waals surface area contributed by atoms with E-state index in [9.17, 15) is 5.11 Å². The van der Waals surface area contributed by atoms with Crippen molar-refractivity contribution in [3.05, 3.63) is 24.4 Å². The van der Waals surface area contributed by atoms with Gasteiger partial charge in [0.25, 0.3) is 0 Å². The van der Waals surface area contributed by atoms with E-state index in [1.54, 1.807) is 12.1 Å². The molecule has 21 heavy (non-hydrogen) atoms. The fraction of sp³-hybridized carbons (Fsp3) is 0.562. The molecule has 0 saturated carbocycles. The van der Waals surface area contributed by atoms with Crippen LogP contribution in [-0.2, 0) is 11.0 Å². The first-order valence-electron chi connectivity index (χ1n) is 7.42. The molecule has 5 heteroatoms. The highest BCUT2D eigenvalue weighted by atomic mass is 28.4. The molecule has 1 heterocycles. The first kappa shape index (κ1) is 16.0. The third kappa shape index (κ3) is 3.47. The maximum Gasteiger partial charge on any atom is 0.192 e. The maximum absolute atomic E-state index is 9.63. The van der Waals surface area contributed by atoms with E-state index in [1.807, 2.05) is 16.9 Å². The minimum Gasteiger partial charge on any atom is -0.508 e. The van der Waals surface area contributed by atoms with Gasteiger partial charge in [0.05, 0.1) is 24.4 Å². The van der Waals surface area contributed by atoms with Crippen LogP contribution in [-0.4, -0.2) is 29.3 Å². The molecule has 0 fully saturated rings. The van der Waals surface area contributed by atoms with Crippen LogP contribution < -0.4 is 0 Å². The topological polar surface area (TPSA) is 47.3 Å². The normalized spacial score (nSPS) is 14.6. The zero-order chi connectivity index (χ0) is 15.8. The third-order valence-corrected chi connectivity index (χ3v) is 8.96. The molecule has 1 aromatic heterocycles. The number of phenols is 1. The summed E-state index contributed by atoms with van der Waals surface area (Å²) >= 11 is 0. The smallest absolute Gasteiger partial charge is 0.192 e. The fourth-order valence-corrected chi connectivity index (χ4v) is 3.60. The Morgan fingerprint density at radius 3 is 2.62 bits per heavy atom. The van der Waals surface area contributed by atoms with E-state index in [0.29, 0.717) is 6.54 Å². The van der Waals surface area contributed by atoms with E-state index >= 15 is 0 Å². The molecule has 1 N–H and O–H groups in total. The number of rotatable bonds is 4. The minimum absolute atomic E-state index is 0.0938. The van der Waals surface area contributed by atoms with E-state index in [-0.39, 0.29) is 16.9 Å². The molecule has 4 nitrogen and oxygen atoms in total. The van der Waals surface area contributed by atoms with Crippen molar-refractivity contribution in [2.24, 2.45) is 0 Å². The summed E-state index contributed by atoms with van der Waals surface area (Å²) in [6, 6.07) is 5.32. The van der Waals surface area contributed by atoms with Crippen molar-refractivity contribution in [3.63, 3.8) is 0 Å². The second-order valence-corrected chi connectivity index (χ2v) is 12.0. The highest BCUT2D eigenvalue weighted by molar-refractivity contribution is 6.74. The summed E-state index contributed by atoms with van der Waals surface area (Å²) in [5.74, 6) is 0.266. The second kappa shape index (κ2) is 5.46. The molecule has 0 amide bonds. The number of hydrogen-bond donors (Lipinski definition) is 1. The number of benzene rings is 1. The fourth-order valence-electron chi connectivity index (χ4n) is 2.16. The van der Waals surface area contributed by atoms with Gasteiger partial charge in [-0.05, 0) is 37.2 Å². The molecule has 116 valence electrons. The van der Waals surface area contributed by atoms with E-state index in [2.05, 4.69) is 45.9 Å². The van der Waals surface area contributed by atoms with Crippen molar-refractivity contribution in [1.29, 1.82) is 0 Å².